The van der Waals surface area contributed by atoms with E-state index < -0.39 is 12.0 Å². The van der Waals surface area contributed by atoms with Gasteiger partial charge in [0.15, 0.2) is 0 Å². The van der Waals surface area contributed by atoms with E-state index in [9.17, 15) is 14.7 Å². The van der Waals surface area contributed by atoms with Gasteiger partial charge >= 0.3 is 5.97 Å². The molecule has 1 atom stereocenters. The van der Waals surface area contributed by atoms with Crippen LogP contribution in [0.2, 0.25) is 0 Å². The number of esters is 1. The summed E-state index contributed by atoms with van der Waals surface area (Å²) < 4.78 is 5.24. The van der Waals surface area contributed by atoms with Crippen molar-refractivity contribution in [1.29, 1.82) is 0 Å². The summed E-state index contributed by atoms with van der Waals surface area (Å²) >= 11 is 0. The predicted octanol–water partition coefficient (Wildman–Crippen LogP) is 2.56. The molecule has 22 heavy (non-hydrogen) atoms. The normalized spacial score (nSPS) is 11.7. The highest BCUT2D eigenvalue weighted by Gasteiger charge is 2.21. The summed E-state index contributed by atoms with van der Waals surface area (Å²) in [6, 6.07) is 5.84. The lowest BCUT2D eigenvalue weighted by atomic mass is 10.1. The molecule has 0 aromatic heterocycles. The molecule has 1 aromatic rings. The van der Waals surface area contributed by atoms with Crippen molar-refractivity contribution in [2.75, 3.05) is 6.61 Å². The lowest BCUT2D eigenvalue weighted by Crippen LogP contribution is -2.42. The molecule has 0 saturated carbocycles. The van der Waals surface area contributed by atoms with Gasteiger partial charge in [0.1, 0.15) is 11.8 Å². The molecule has 1 aromatic carbocycles. The van der Waals surface area contributed by atoms with Gasteiger partial charge in [0.2, 0.25) is 5.91 Å². The summed E-state index contributed by atoms with van der Waals surface area (Å²) in [6.45, 7) is 3.87. The zero-order chi connectivity index (χ0) is 16.4. The van der Waals surface area contributed by atoms with Crippen molar-refractivity contribution < 1.29 is 19.4 Å². The second-order valence-electron chi connectivity index (χ2n) is 5.35. The fourth-order valence-electron chi connectivity index (χ4n) is 2.11. The van der Waals surface area contributed by atoms with Crippen LogP contribution in [0, 0.1) is 0 Å². The summed E-state index contributed by atoms with van der Waals surface area (Å²) in [5.74, 6) is -0.523. The van der Waals surface area contributed by atoms with Gasteiger partial charge in [-0.2, -0.15) is 0 Å². The van der Waals surface area contributed by atoms with E-state index >= 15 is 0 Å². The number of amides is 1. The third-order valence-electron chi connectivity index (χ3n) is 3.28. The maximum Gasteiger partial charge on any atom is 0.328 e. The maximum atomic E-state index is 12.1. The van der Waals surface area contributed by atoms with Crippen molar-refractivity contribution in [3.63, 3.8) is 0 Å². The Bertz CT molecular complexity index is 470. The number of aromatic hydroxyl groups is 1. The fraction of sp³-hybridized carbons (Fsp3) is 0.529. The Hall–Kier alpha value is -2.04. The molecule has 0 bridgehead atoms. The van der Waals surface area contributed by atoms with E-state index in [-0.39, 0.29) is 11.7 Å². The van der Waals surface area contributed by atoms with Crippen molar-refractivity contribution in [1.82, 2.24) is 5.32 Å². The maximum absolute atomic E-state index is 12.1. The van der Waals surface area contributed by atoms with Crippen molar-refractivity contribution in [2.45, 2.75) is 52.0 Å². The van der Waals surface area contributed by atoms with Crippen molar-refractivity contribution >= 4 is 11.9 Å². The van der Waals surface area contributed by atoms with Gasteiger partial charge < -0.3 is 15.2 Å². The third-order valence-corrected chi connectivity index (χ3v) is 3.28. The number of phenolic OH excluding ortho intramolecular Hbond substituents is 1. The van der Waals surface area contributed by atoms with Gasteiger partial charge in [-0.1, -0.05) is 38.3 Å². The molecule has 0 fully saturated rings. The zero-order valence-electron chi connectivity index (χ0n) is 13.3. The first kappa shape index (κ1) is 18.0. The Morgan fingerprint density at radius 1 is 1.18 bits per heavy atom. The standard InChI is InChI=1S/C17H25NO4/c1-3-4-5-6-11-22-17(21)16(18-13(2)19)12-14-7-9-15(20)10-8-14/h7-10,16,20H,3-6,11-12H2,1-2H3,(H,18,19)/t16-/m1/s1. The molecule has 0 aliphatic rings. The number of nitrogens with one attached hydrogen (secondary N) is 1. The Labute approximate surface area is 131 Å². The van der Waals surface area contributed by atoms with Crippen LogP contribution < -0.4 is 5.32 Å². The number of hydrogen-bond acceptors (Lipinski definition) is 4. The first-order valence-corrected chi connectivity index (χ1v) is 7.74. The molecular formula is C17H25NO4. The Balaban J connectivity index is 2.53. The molecule has 5 nitrogen and oxygen atoms in total. The van der Waals surface area contributed by atoms with Gasteiger partial charge in [-0.05, 0) is 24.1 Å². The van der Waals surface area contributed by atoms with Gasteiger partial charge in [-0.25, -0.2) is 4.79 Å². The lowest BCUT2D eigenvalue weighted by molar-refractivity contribution is -0.147. The second kappa shape index (κ2) is 9.82. The first-order chi connectivity index (χ1) is 10.5. The fourth-order valence-corrected chi connectivity index (χ4v) is 2.11. The quantitative estimate of drug-likeness (QED) is 0.543. The van der Waals surface area contributed by atoms with Crippen molar-refractivity contribution in [2.24, 2.45) is 0 Å². The van der Waals surface area contributed by atoms with Gasteiger partial charge in [-0.3, -0.25) is 4.79 Å². The molecule has 5 heteroatoms. The molecule has 0 heterocycles. The van der Waals surface area contributed by atoms with Gasteiger partial charge in [0, 0.05) is 13.3 Å². The molecule has 0 spiro atoms. The number of rotatable bonds is 9. The summed E-state index contributed by atoms with van der Waals surface area (Å²) in [6.07, 6.45) is 4.47. The summed E-state index contributed by atoms with van der Waals surface area (Å²) in [4.78, 5) is 23.4. The van der Waals surface area contributed by atoms with Crippen LogP contribution in [-0.4, -0.2) is 29.6 Å². The number of carbonyl (C=O) groups excluding carboxylic acids is 2. The van der Waals surface area contributed by atoms with Crippen LogP contribution in [0.3, 0.4) is 0 Å². The van der Waals surface area contributed by atoms with E-state index in [1.54, 1.807) is 24.3 Å². The van der Waals surface area contributed by atoms with Crippen LogP contribution >= 0.6 is 0 Å². The largest absolute Gasteiger partial charge is 0.508 e. The minimum Gasteiger partial charge on any atom is -0.508 e. The summed E-state index contributed by atoms with van der Waals surface area (Å²) in [7, 11) is 0. The molecule has 1 amide bonds. The molecule has 122 valence electrons. The van der Waals surface area contributed by atoms with E-state index in [1.807, 2.05) is 0 Å². The van der Waals surface area contributed by atoms with Crippen LogP contribution in [0.15, 0.2) is 24.3 Å². The highest BCUT2D eigenvalue weighted by Crippen LogP contribution is 2.12. The lowest BCUT2D eigenvalue weighted by Gasteiger charge is -2.17. The highest BCUT2D eigenvalue weighted by molar-refractivity contribution is 5.83. The predicted molar refractivity (Wildman–Crippen MR) is 84.5 cm³/mol. The number of hydrogen-bond donors (Lipinski definition) is 2. The SMILES string of the molecule is CCCCCCOC(=O)[C@@H](Cc1ccc(O)cc1)NC(C)=O. The first-order valence-electron chi connectivity index (χ1n) is 7.74. The van der Waals surface area contributed by atoms with Gasteiger partial charge in [-0.15, -0.1) is 0 Å². The second-order valence-corrected chi connectivity index (χ2v) is 5.35. The van der Waals surface area contributed by atoms with Crippen molar-refractivity contribution in [3.8, 4) is 5.75 Å². The topological polar surface area (TPSA) is 75.6 Å². The highest BCUT2D eigenvalue weighted by atomic mass is 16.5. The average Bonchev–Trinajstić information content (AvgIpc) is 2.48. The molecule has 0 saturated heterocycles. The zero-order valence-corrected chi connectivity index (χ0v) is 13.3. The molecular weight excluding hydrogens is 282 g/mol. The van der Waals surface area contributed by atoms with E-state index in [0.29, 0.717) is 13.0 Å². The van der Waals surface area contributed by atoms with Crippen LogP contribution in [0.25, 0.3) is 0 Å². The Morgan fingerprint density at radius 2 is 1.86 bits per heavy atom. The minimum absolute atomic E-state index is 0.165. The molecule has 0 radical (unpaired) electrons. The third kappa shape index (κ3) is 7.11. The monoisotopic (exact) mass is 307 g/mol. The van der Waals surface area contributed by atoms with Crippen LogP contribution in [0.5, 0.6) is 5.75 Å². The number of carbonyl (C=O) groups is 2. The van der Waals surface area contributed by atoms with Crippen LogP contribution in [-0.2, 0) is 20.7 Å². The minimum atomic E-state index is -0.701. The van der Waals surface area contributed by atoms with E-state index in [2.05, 4.69) is 12.2 Å². The molecule has 0 aliphatic heterocycles. The van der Waals surface area contributed by atoms with E-state index in [0.717, 1.165) is 31.2 Å². The van der Waals surface area contributed by atoms with Gasteiger partial charge in [0.25, 0.3) is 0 Å². The van der Waals surface area contributed by atoms with Gasteiger partial charge in [0.05, 0.1) is 6.61 Å². The number of benzene rings is 1. The van der Waals surface area contributed by atoms with E-state index in [4.69, 9.17) is 4.74 Å². The summed E-state index contributed by atoms with van der Waals surface area (Å²) in [5.41, 5.74) is 0.847. The number of phenols is 1. The number of ether oxygens (including phenoxy) is 1. The molecule has 1 rings (SSSR count). The average molecular weight is 307 g/mol. The smallest absolute Gasteiger partial charge is 0.328 e. The van der Waals surface area contributed by atoms with Crippen LogP contribution in [0.1, 0.15) is 45.1 Å². The molecule has 0 aliphatic carbocycles. The molecule has 0 unspecified atom stereocenters. The Kier molecular flexibility index (Phi) is 8.04. The van der Waals surface area contributed by atoms with E-state index in [1.165, 1.54) is 6.92 Å². The van der Waals surface area contributed by atoms with Crippen molar-refractivity contribution in [3.05, 3.63) is 29.8 Å². The molecule has 2 N–H and O–H groups in total. The summed E-state index contributed by atoms with van der Waals surface area (Å²) in [5, 5.41) is 11.9. The number of unbranched alkanes of at least 4 members (excludes halogenated alkanes) is 3. The Morgan fingerprint density at radius 3 is 2.45 bits per heavy atom. The van der Waals surface area contributed by atoms with Crippen LogP contribution in [0.4, 0.5) is 0 Å².